The number of ether oxygens (including phenoxy) is 1. The van der Waals surface area contributed by atoms with Crippen molar-refractivity contribution in [1.29, 1.82) is 0 Å². The molecule has 0 aliphatic carbocycles. The third-order valence-electron chi connectivity index (χ3n) is 2.05. The molecule has 0 saturated carbocycles. The van der Waals surface area contributed by atoms with Crippen LogP contribution in [0.3, 0.4) is 0 Å². The van der Waals surface area contributed by atoms with Crippen molar-refractivity contribution in [2.75, 3.05) is 7.11 Å². The van der Waals surface area contributed by atoms with Crippen LogP contribution in [0.25, 0.3) is 0 Å². The van der Waals surface area contributed by atoms with E-state index in [0.717, 1.165) is 6.42 Å². The lowest BCUT2D eigenvalue weighted by molar-refractivity contribution is 0.112. The Balaban J connectivity index is 3.16. The van der Waals surface area contributed by atoms with Crippen molar-refractivity contribution >= 4 is 6.29 Å². The number of carbonyl (C=O) groups excluding carboxylic acids is 1. The lowest BCUT2D eigenvalue weighted by Crippen LogP contribution is -1.97. The summed E-state index contributed by atoms with van der Waals surface area (Å²) in [5, 5.41) is 0. The average Bonchev–Trinajstić information content (AvgIpc) is 2.20. The van der Waals surface area contributed by atoms with Crippen molar-refractivity contribution in [3.8, 4) is 5.75 Å². The van der Waals surface area contributed by atoms with E-state index >= 15 is 0 Å². The van der Waals surface area contributed by atoms with Crippen LogP contribution in [0.1, 0.15) is 29.3 Å². The van der Waals surface area contributed by atoms with Gasteiger partial charge in [0.25, 0.3) is 0 Å². The van der Waals surface area contributed by atoms with Crippen LogP contribution in [-0.2, 0) is 6.42 Å². The molecule has 0 amide bonds. The summed E-state index contributed by atoms with van der Waals surface area (Å²) in [4.78, 5) is 10.7. The van der Waals surface area contributed by atoms with Gasteiger partial charge in [-0.05, 0) is 18.1 Å². The van der Waals surface area contributed by atoms with E-state index in [0.29, 0.717) is 23.8 Å². The number of carbonyl (C=O) groups is 1. The van der Waals surface area contributed by atoms with Crippen molar-refractivity contribution in [2.24, 2.45) is 0 Å². The molecule has 0 aliphatic heterocycles. The second-order valence-electron chi connectivity index (χ2n) is 3.05. The maximum absolute atomic E-state index is 13.3. The van der Waals surface area contributed by atoms with Gasteiger partial charge in [-0.15, -0.1) is 0 Å². The van der Waals surface area contributed by atoms with Crippen molar-refractivity contribution in [2.45, 2.75) is 19.8 Å². The van der Waals surface area contributed by atoms with E-state index in [-0.39, 0.29) is 11.6 Å². The largest absolute Gasteiger partial charge is 0.496 e. The summed E-state index contributed by atoms with van der Waals surface area (Å²) in [6, 6.07) is 2.80. The molecule has 0 bridgehead atoms. The zero-order chi connectivity index (χ0) is 10.6. The molecule has 1 aromatic carbocycles. The topological polar surface area (TPSA) is 26.3 Å². The molecule has 0 unspecified atom stereocenters. The van der Waals surface area contributed by atoms with Crippen molar-refractivity contribution in [3.63, 3.8) is 0 Å². The summed E-state index contributed by atoms with van der Waals surface area (Å²) >= 11 is 0. The van der Waals surface area contributed by atoms with Gasteiger partial charge in [-0.25, -0.2) is 4.39 Å². The van der Waals surface area contributed by atoms with E-state index in [9.17, 15) is 9.18 Å². The molecule has 2 nitrogen and oxygen atoms in total. The number of halogens is 1. The van der Waals surface area contributed by atoms with E-state index in [4.69, 9.17) is 4.74 Å². The first-order valence-corrected chi connectivity index (χ1v) is 4.54. The van der Waals surface area contributed by atoms with Crippen LogP contribution in [0.15, 0.2) is 12.1 Å². The molecule has 76 valence electrons. The minimum atomic E-state index is -0.311. The highest BCUT2D eigenvalue weighted by Gasteiger charge is 2.08. The van der Waals surface area contributed by atoms with Gasteiger partial charge in [-0.2, -0.15) is 0 Å². The minimum absolute atomic E-state index is 0.289. The number of methoxy groups -OCH3 is 1. The molecule has 1 rings (SSSR count). The number of hydrogen-bond acceptors (Lipinski definition) is 2. The lowest BCUT2D eigenvalue weighted by Gasteiger charge is -2.07. The normalized spacial score (nSPS) is 9.93. The van der Waals surface area contributed by atoms with Crippen LogP contribution < -0.4 is 4.74 Å². The lowest BCUT2D eigenvalue weighted by atomic mass is 10.1. The SMILES string of the molecule is CCCc1cc(C=O)c(OC)cc1F. The average molecular weight is 196 g/mol. The molecular formula is C11H13FO2. The summed E-state index contributed by atoms with van der Waals surface area (Å²) < 4.78 is 18.2. The van der Waals surface area contributed by atoms with Crippen molar-refractivity contribution < 1.29 is 13.9 Å². The third kappa shape index (κ3) is 2.10. The molecule has 3 heteroatoms. The van der Waals surface area contributed by atoms with Crippen LogP contribution in [0, 0.1) is 5.82 Å². The highest BCUT2D eigenvalue weighted by molar-refractivity contribution is 5.79. The Bertz CT molecular complexity index is 334. The van der Waals surface area contributed by atoms with Gasteiger partial charge >= 0.3 is 0 Å². The Morgan fingerprint density at radius 3 is 2.71 bits per heavy atom. The number of aldehydes is 1. The van der Waals surface area contributed by atoms with E-state index < -0.39 is 0 Å². The zero-order valence-electron chi connectivity index (χ0n) is 8.34. The van der Waals surface area contributed by atoms with Gasteiger partial charge in [-0.3, -0.25) is 4.79 Å². The molecule has 0 atom stereocenters. The van der Waals surface area contributed by atoms with Gasteiger partial charge in [0.2, 0.25) is 0 Å². The summed E-state index contributed by atoms with van der Waals surface area (Å²) in [5.74, 6) is -0.0216. The quantitative estimate of drug-likeness (QED) is 0.692. The maximum atomic E-state index is 13.3. The van der Waals surface area contributed by atoms with Gasteiger partial charge in [0.15, 0.2) is 6.29 Å². The van der Waals surface area contributed by atoms with Gasteiger partial charge in [0.05, 0.1) is 12.7 Å². The maximum Gasteiger partial charge on any atom is 0.153 e. The van der Waals surface area contributed by atoms with E-state index in [1.54, 1.807) is 6.07 Å². The molecule has 0 saturated heterocycles. The van der Waals surface area contributed by atoms with Gasteiger partial charge in [0, 0.05) is 6.07 Å². The van der Waals surface area contributed by atoms with Crippen LogP contribution in [0.2, 0.25) is 0 Å². The molecule has 0 aliphatic rings. The summed E-state index contributed by atoms with van der Waals surface area (Å²) in [7, 11) is 1.42. The van der Waals surface area contributed by atoms with E-state index in [1.165, 1.54) is 13.2 Å². The molecule has 1 aromatic rings. The smallest absolute Gasteiger partial charge is 0.153 e. The molecule has 14 heavy (non-hydrogen) atoms. The first-order valence-electron chi connectivity index (χ1n) is 4.54. The van der Waals surface area contributed by atoms with Crippen LogP contribution in [-0.4, -0.2) is 13.4 Å². The monoisotopic (exact) mass is 196 g/mol. The van der Waals surface area contributed by atoms with Crippen molar-refractivity contribution in [1.82, 2.24) is 0 Å². The molecule has 0 N–H and O–H groups in total. The number of hydrogen-bond donors (Lipinski definition) is 0. The number of benzene rings is 1. The number of aryl methyl sites for hydroxylation is 1. The van der Waals surface area contributed by atoms with Crippen LogP contribution >= 0.6 is 0 Å². The summed E-state index contributed by atoms with van der Waals surface area (Å²) in [6.45, 7) is 1.96. The molecule has 0 heterocycles. The first-order chi connectivity index (χ1) is 6.72. The molecule has 0 fully saturated rings. The Morgan fingerprint density at radius 1 is 1.50 bits per heavy atom. The highest BCUT2D eigenvalue weighted by Crippen LogP contribution is 2.22. The second-order valence-corrected chi connectivity index (χ2v) is 3.05. The molecule has 0 spiro atoms. The predicted molar refractivity (Wildman–Crippen MR) is 52.3 cm³/mol. The second kappa shape index (κ2) is 4.74. The van der Waals surface area contributed by atoms with Crippen LogP contribution in [0.5, 0.6) is 5.75 Å². The molecule has 0 aromatic heterocycles. The number of rotatable bonds is 4. The molecular weight excluding hydrogens is 183 g/mol. The Hall–Kier alpha value is -1.38. The predicted octanol–water partition coefficient (Wildman–Crippen LogP) is 2.60. The zero-order valence-corrected chi connectivity index (χ0v) is 8.34. The van der Waals surface area contributed by atoms with Gasteiger partial charge in [0.1, 0.15) is 11.6 Å². The fourth-order valence-corrected chi connectivity index (χ4v) is 1.35. The summed E-state index contributed by atoms with van der Waals surface area (Å²) in [5.41, 5.74) is 0.966. The van der Waals surface area contributed by atoms with Gasteiger partial charge < -0.3 is 4.74 Å². The Kier molecular flexibility index (Phi) is 3.63. The summed E-state index contributed by atoms with van der Waals surface area (Å²) in [6.07, 6.45) is 2.16. The Morgan fingerprint density at radius 2 is 2.21 bits per heavy atom. The molecule has 0 radical (unpaired) electrons. The highest BCUT2D eigenvalue weighted by atomic mass is 19.1. The minimum Gasteiger partial charge on any atom is -0.496 e. The van der Waals surface area contributed by atoms with Crippen LogP contribution in [0.4, 0.5) is 4.39 Å². The van der Waals surface area contributed by atoms with Crippen molar-refractivity contribution in [3.05, 3.63) is 29.1 Å². The van der Waals surface area contributed by atoms with E-state index in [2.05, 4.69) is 0 Å². The standard InChI is InChI=1S/C11H13FO2/c1-3-4-8-5-9(7-13)11(14-2)6-10(8)12/h5-7H,3-4H2,1-2H3. The fraction of sp³-hybridized carbons (Fsp3) is 0.364. The fourth-order valence-electron chi connectivity index (χ4n) is 1.35. The van der Waals surface area contributed by atoms with E-state index in [1.807, 2.05) is 6.92 Å². The van der Waals surface area contributed by atoms with Gasteiger partial charge in [-0.1, -0.05) is 13.3 Å². The first kappa shape index (κ1) is 10.7. The third-order valence-corrected chi connectivity index (χ3v) is 2.05. The Labute approximate surface area is 82.7 Å².